The van der Waals surface area contributed by atoms with Crippen molar-refractivity contribution >= 4 is 11.7 Å². The van der Waals surface area contributed by atoms with Crippen molar-refractivity contribution in [1.29, 1.82) is 0 Å². The number of hydrogen-bond donors (Lipinski definition) is 2. The average Bonchev–Trinajstić information content (AvgIpc) is 2.66. The van der Waals surface area contributed by atoms with Gasteiger partial charge >= 0.3 is 0 Å². The first-order valence-electron chi connectivity index (χ1n) is 5.62. The molecule has 88 valence electrons. The largest absolute Gasteiger partial charge is 0.316 e. The molecule has 1 fully saturated rings. The fraction of sp³-hybridized carbons (Fsp3) is 0.700. The van der Waals surface area contributed by atoms with E-state index in [-0.39, 0.29) is 5.91 Å². The van der Waals surface area contributed by atoms with E-state index in [1.807, 2.05) is 0 Å². The van der Waals surface area contributed by atoms with Gasteiger partial charge in [-0.05, 0) is 31.8 Å². The Kier molecular flexibility index (Phi) is 3.51. The van der Waals surface area contributed by atoms with Gasteiger partial charge in [0.1, 0.15) is 0 Å². The van der Waals surface area contributed by atoms with Crippen molar-refractivity contribution in [1.82, 2.24) is 20.3 Å². The van der Waals surface area contributed by atoms with Crippen LogP contribution < -0.4 is 10.6 Å². The predicted octanol–water partition coefficient (Wildman–Crippen LogP) is 0.236. The zero-order valence-electron chi connectivity index (χ0n) is 9.44. The summed E-state index contributed by atoms with van der Waals surface area (Å²) in [4.78, 5) is 10.8. The van der Waals surface area contributed by atoms with Crippen LogP contribution >= 0.6 is 0 Å². The quantitative estimate of drug-likeness (QED) is 0.769. The molecule has 6 nitrogen and oxygen atoms in total. The van der Waals surface area contributed by atoms with Gasteiger partial charge in [-0.3, -0.25) is 4.79 Å². The summed E-state index contributed by atoms with van der Waals surface area (Å²) in [6, 6.07) is 0. The lowest BCUT2D eigenvalue weighted by molar-refractivity contribution is -0.114. The first-order chi connectivity index (χ1) is 7.74. The molecule has 1 aromatic heterocycles. The molecule has 0 radical (unpaired) electrons. The third kappa shape index (κ3) is 3.03. The SMILES string of the molecule is CC(=O)Nc1cn(CC2CCCNC2)nn1. The fourth-order valence-corrected chi connectivity index (χ4v) is 1.97. The number of rotatable bonds is 3. The molecular weight excluding hydrogens is 206 g/mol. The van der Waals surface area contributed by atoms with E-state index in [1.54, 1.807) is 10.9 Å². The van der Waals surface area contributed by atoms with Crippen molar-refractivity contribution in [2.45, 2.75) is 26.3 Å². The molecule has 1 amide bonds. The highest BCUT2D eigenvalue weighted by atomic mass is 16.1. The first kappa shape index (κ1) is 11.1. The van der Waals surface area contributed by atoms with Gasteiger partial charge in [0.2, 0.25) is 5.91 Å². The van der Waals surface area contributed by atoms with Gasteiger partial charge in [0.05, 0.1) is 6.20 Å². The maximum Gasteiger partial charge on any atom is 0.222 e. The van der Waals surface area contributed by atoms with Crippen LogP contribution in [0.5, 0.6) is 0 Å². The molecule has 1 saturated heterocycles. The van der Waals surface area contributed by atoms with E-state index in [9.17, 15) is 4.79 Å². The minimum absolute atomic E-state index is 0.119. The molecule has 2 rings (SSSR count). The van der Waals surface area contributed by atoms with Crippen LogP contribution in [0.25, 0.3) is 0 Å². The van der Waals surface area contributed by atoms with Gasteiger partial charge in [0.25, 0.3) is 0 Å². The normalized spacial score (nSPS) is 20.7. The molecule has 1 aromatic rings. The standard InChI is InChI=1S/C10H17N5O/c1-8(16)12-10-7-15(14-13-10)6-9-3-2-4-11-5-9/h7,9,11H,2-6H2,1H3,(H,12,16). The van der Waals surface area contributed by atoms with Gasteiger partial charge < -0.3 is 10.6 Å². The summed E-state index contributed by atoms with van der Waals surface area (Å²) in [5, 5.41) is 13.8. The maximum absolute atomic E-state index is 10.8. The number of anilines is 1. The van der Waals surface area contributed by atoms with Gasteiger partial charge in [-0.1, -0.05) is 5.21 Å². The third-order valence-corrected chi connectivity index (χ3v) is 2.69. The zero-order chi connectivity index (χ0) is 11.4. The molecule has 0 bridgehead atoms. The molecule has 0 saturated carbocycles. The lowest BCUT2D eigenvalue weighted by Crippen LogP contribution is -2.32. The summed E-state index contributed by atoms with van der Waals surface area (Å²) in [6.07, 6.45) is 4.22. The van der Waals surface area contributed by atoms with Crippen molar-refractivity contribution in [3.8, 4) is 0 Å². The van der Waals surface area contributed by atoms with Gasteiger partial charge in [-0.25, -0.2) is 4.68 Å². The van der Waals surface area contributed by atoms with E-state index in [1.165, 1.54) is 19.8 Å². The molecule has 1 aliphatic rings. The fourth-order valence-electron chi connectivity index (χ4n) is 1.97. The second-order valence-electron chi connectivity index (χ2n) is 4.22. The Labute approximate surface area is 94.4 Å². The Hall–Kier alpha value is -1.43. The summed E-state index contributed by atoms with van der Waals surface area (Å²) in [5.74, 6) is 1.02. The molecule has 1 aliphatic heterocycles. The van der Waals surface area contributed by atoms with Gasteiger partial charge in [-0.15, -0.1) is 5.10 Å². The highest BCUT2D eigenvalue weighted by Crippen LogP contribution is 2.12. The van der Waals surface area contributed by atoms with E-state index in [4.69, 9.17) is 0 Å². The monoisotopic (exact) mass is 223 g/mol. The summed E-state index contributed by atoms with van der Waals surface area (Å²) in [5.41, 5.74) is 0. The number of piperidine rings is 1. The Morgan fingerprint density at radius 3 is 3.31 bits per heavy atom. The van der Waals surface area contributed by atoms with Crippen LogP contribution in [-0.2, 0) is 11.3 Å². The second-order valence-corrected chi connectivity index (χ2v) is 4.22. The summed E-state index contributed by atoms with van der Waals surface area (Å²) >= 11 is 0. The Bertz CT molecular complexity index is 356. The van der Waals surface area contributed by atoms with Crippen molar-refractivity contribution in [3.63, 3.8) is 0 Å². The predicted molar refractivity (Wildman–Crippen MR) is 59.9 cm³/mol. The second kappa shape index (κ2) is 5.07. The van der Waals surface area contributed by atoms with Crippen molar-refractivity contribution < 1.29 is 4.79 Å². The highest BCUT2D eigenvalue weighted by molar-refractivity contribution is 5.87. The van der Waals surface area contributed by atoms with Crippen molar-refractivity contribution in [2.24, 2.45) is 5.92 Å². The molecule has 2 N–H and O–H groups in total. The molecular formula is C10H17N5O. The summed E-state index contributed by atoms with van der Waals surface area (Å²) in [7, 11) is 0. The molecule has 1 atom stereocenters. The van der Waals surface area contributed by atoms with Crippen LogP contribution in [0.15, 0.2) is 6.20 Å². The number of nitrogens with zero attached hydrogens (tertiary/aromatic N) is 3. The maximum atomic E-state index is 10.8. The molecule has 0 aliphatic carbocycles. The zero-order valence-corrected chi connectivity index (χ0v) is 9.44. The smallest absolute Gasteiger partial charge is 0.222 e. The lowest BCUT2D eigenvalue weighted by atomic mass is 10.00. The topological polar surface area (TPSA) is 71.8 Å². The average molecular weight is 223 g/mol. The number of aromatic nitrogens is 3. The van der Waals surface area contributed by atoms with Crippen LogP contribution in [0.2, 0.25) is 0 Å². The number of hydrogen-bond acceptors (Lipinski definition) is 4. The minimum atomic E-state index is -0.119. The molecule has 0 aromatic carbocycles. The van der Waals surface area contributed by atoms with E-state index >= 15 is 0 Å². The first-order valence-corrected chi connectivity index (χ1v) is 5.62. The van der Waals surface area contributed by atoms with Crippen LogP contribution in [0.3, 0.4) is 0 Å². The molecule has 2 heterocycles. The number of amides is 1. The Morgan fingerprint density at radius 2 is 2.62 bits per heavy atom. The molecule has 6 heteroatoms. The van der Waals surface area contributed by atoms with E-state index < -0.39 is 0 Å². The van der Waals surface area contributed by atoms with E-state index in [0.29, 0.717) is 11.7 Å². The van der Waals surface area contributed by atoms with Crippen LogP contribution in [0.4, 0.5) is 5.82 Å². The summed E-state index contributed by atoms with van der Waals surface area (Å²) < 4.78 is 1.79. The van der Waals surface area contributed by atoms with E-state index in [0.717, 1.165) is 19.6 Å². The van der Waals surface area contributed by atoms with Crippen molar-refractivity contribution in [2.75, 3.05) is 18.4 Å². The summed E-state index contributed by atoms with van der Waals surface area (Å²) in [6.45, 7) is 4.48. The van der Waals surface area contributed by atoms with Crippen LogP contribution in [0, 0.1) is 5.92 Å². The highest BCUT2D eigenvalue weighted by Gasteiger charge is 2.14. The van der Waals surface area contributed by atoms with Gasteiger partial charge in [-0.2, -0.15) is 0 Å². The lowest BCUT2D eigenvalue weighted by Gasteiger charge is -2.22. The number of nitrogens with one attached hydrogen (secondary N) is 2. The van der Waals surface area contributed by atoms with Gasteiger partial charge in [0.15, 0.2) is 5.82 Å². The minimum Gasteiger partial charge on any atom is -0.316 e. The molecule has 1 unspecified atom stereocenters. The molecule has 16 heavy (non-hydrogen) atoms. The Morgan fingerprint density at radius 1 is 1.75 bits per heavy atom. The van der Waals surface area contributed by atoms with E-state index in [2.05, 4.69) is 20.9 Å². The van der Waals surface area contributed by atoms with Gasteiger partial charge in [0, 0.05) is 13.5 Å². The number of carbonyl (C=O) groups excluding carboxylic acids is 1. The number of carbonyl (C=O) groups is 1. The van der Waals surface area contributed by atoms with Crippen LogP contribution in [0.1, 0.15) is 19.8 Å². The van der Waals surface area contributed by atoms with Crippen LogP contribution in [-0.4, -0.2) is 34.0 Å². The molecule has 0 spiro atoms. The van der Waals surface area contributed by atoms with Crippen molar-refractivity contribution in [3.05, 3.63) is 6.20 Å². The Balaban J connectivity index is 1.88. The third-order valence-electron chi connectivity index (χ3n) is 2.69.